The summed E-state index contributed by atoms with van der Waals surface area (Å²) < 4.78 is 0. The van der Waals surface area contributed by atoms with Crippen molar-refractivity contribution in [1.82, 2.24) is 4.90 Å². The van der Waals surface area contributed by atoms with E-state index in [4.69, 9.17) is 0 Å². The van der Waals surface area contributed by atoms with Gasteiger partial charge in [-0.1, -0.05) is 54.4 Å². The van der Waals surface area contributed by atoms with E-state index in [-0.39, 0.29) is 27.8 Å². The maximum absolute atomic E-state index is 13.8. The largest absolute Gasteiger partial charge is 0.333 e. The van der Waals surface area contributed by atoms with Gasteiger partial charge in [0.2, 0.25) is 5.91 Å². The first-order valence-electron chi connectivity index (χ1n) is 9.36. The van der Waals surface area contributed by atoms with Gasteiger partial charge < -0.3 is 4.90 Å². The molecule has 2 heteroatoms. The normalized spacial score (nSPS) is 15.5. The van der Waals surface area contributed by atoms with Gasteiger partial charge in [-0.2, -0.15) is 0 Å². The first-order valence-corrected chi connectivity index (χ1v) is 9.36. The van der Waals surface area contributed by atoms with Gasteiger partial charge in [-0.05, 0) is 58.8 Å². The summed E-state index contributed by atoms with van der Waals surface area (Å²) in [6, 6.07) is 0. The van der Waals surface area contributed by atoms with Crippen molar-refractivity contribution in [1.29, 1.82) is 0 Å². The van der Waals surface area contributed by atoms with Crippen LogP contribution in [0.5, 0.6) is 0 Å². The Morgan fingerprint density at radius 2 is 1.17 bits per heavy atom. The fraction of sp³-hybridized carbons (Fsp3) is 0.952. The number of nitrogens with zero attached hydrogens (tertiary/aromatic N) is 1. The van der Waals surface area contributed by atoms with Gasteiger partial charge in [0, 0.05) is 17.0 Å². The molecule has 0 aliphatic carbocycles. The van der Waals surface area contributed by atoms with Crippen LogP contribution < -0.4 is 0 Å². The summed E-state index contributed by atoms with van der Waals surface area (Å²) >= 11 is 0. The monoisotopic (exact) mass is 325 g/mol. The van der Waals surface area contributed by atoms with Crippen LogP contribution in [0.15, 0.2) is 0 Å². The Labute approximate surface area is 146 Å². The molecule has 0 N–H and O–H groups in total. The van der Waals surface area contributed by atoms with Gasteiger partial charge in [0.15, 0.2) is 0 Å². The van der Waals surface area contributed by atoms with Crippen molar-refractivity contribution in [2.45, 2.75) is 113 Å². The summed E-state index contributed by atoms with van der Waals surface area (Å²) in [6.07, 6.45) is 3.20. The van der Waals surface area contributed by atoms with Crippen molar-refractivity contribution in [2.75, 3.05) is 0 Å². The van der Waals surface area contributed by atoms with Crippen molar-refractivity contribution in [3.8, 4) is 0 Å². The SMILES string of the molecule is CCCC(C)(C)C(C(=O)N(C(C)(C)C)C(C)(C)C)C(C)(C)CC. The van der Waals surface area contributed by atoms with Crippen LogP contribution >= 0.6 is 0 Å². The minimum Gasteiger partial charge on any atom is -0.333 e. The Kier molecular flexibility index (Phi) is 6.99. The third-order valence-corrected chi connectivity index (χ3v) is 5.18. The fourth-order valence-electron chi connectivity index (χ4n) is 4.52. The molecule has 1 unspecified atom stereocenters. The lowest BCUT2D eigenvalue weighted by Crippen LogP contribution is -2.60. The lowest BCUT2D eigenvalue weighted by atomic mass is 9.61. The molecule has 0 spiro atoms. The second kappa shape index (κ2) is 7.15. The summed E-state index contributed by atoms with van der Waals surface area (Å²) in [5.41, 5.74) is -0.371. The number of rotatable bonds is 6. The third-order valence-electron chi connectivity index (χ3n) is 5.18. The third kappa shape index (κ3) is 5.50. The highest BCUT2D eigenvalue weighted by Crippen LogP contribution is 2.47. The van der Waals surface area contributed by atoms with Crippen molar-refractivity contribution < 1.29 is 4.79 Å². The molecule has 1 amide bonds. The highest BCUT2D eigenvalue weighted by atomic mass is 16.2. The maximum Gasteiger partial charge on any atom is 0.227 e. The van der Waals surface area contributed by atoms with E-state index in [0.717, 1.165) is 19.3 Å². The maximum atomic E-state index is 13.8. The molecule has 0 fully saturated rings. The summed E-state index contributed by atoms with van der Waals surface area (Å²) in [5, 5.41) is 0. The molecule has 0 bridgehead atoms. The number of hydrogen-bond acceptors (Lipinski definition) is 1. The number of carbonyl (C=O) groups is 1. The van der Waals surface area contributed by atoms with Crippen LogP contribution in [0.1, 0.15) is 102 Å². The van der Waals surface area contributed by atoms with Gasteiger partial charge in [0.05, 0.1) is 0 Å². The summed E-state index contributed by atoms with van der Waals surface area (Å²) in [4.78, 5) is 15.9. The molecule has 23 heavy (non-hydrogen) atoms. The molecule has 0 radical (unpaired) electrons. The van der Waals surface area contributed by atoms with E-state index in [1.807, 2.05) is 0 Å². The summed E-state index contributed by atoms with van der Waals surface area (Å²) in [5.74, 6) is 0.341. The number of carbonyl (C=O) groups excluding carboxylic acids is 1. The minimum absolute atomic E-state index is 0.0000926. The lowest BCUT2D eigenvalue weighted by Gasteiger charge is -2.52. The average molecular weight is 326 g/mol. The van der Waals surface area contributed by atoms with Crippen molar-refractivity contribution in [3.63, 3.8) is 0 Å². The predicted octanol–water partition coefficient (Wildman–Crippen LogP) is 6.29. The van der Waals surface area contributed by atoms with E-state index in [2.05, 4.69) is 88.0 Å². The van der Waals surface area contributed by atoms with Gasteiger partial charge in [0.25, 0.3) is 0 Å². The molecule has 0 heterocycles. The molecule has 138 valence electrons. The van der Waals surface area contributed by atoms with Gasteiger partial charge in [-0.3, -0.25) is 4.79 Å². The Hall–Kier alpha value is -0.530. The Morgan fingerprint density at radius 3 is 1.43 bits per heavy atom. The molecule has 0 rings (SSSR count). The molecular formula is C21H43NO. The number of hydrogen-bond donors (Lipinski definition) is 0. The molecule has 0 aromatic carbocycles. The van der Waals surface area contributed by atoms with Gasteiger partial charge in [-0.25, -0.2) is 0 Å². The van der Waals surface area contributed by atoms with E-state index in [1.54, 1.807) is 0 Å². The molecule has 0 saturated carbocycles. The standard InChI is InChI=1S/C21H43NO/c1-13-15-21(11,12)16(20(9,10)14-2)17(23)22(18(3,4)5)19(6,7)8/h16H,13-15H2,1-12H3. The van der Waals surface area contributed by atoms with Crippen LogP contribution in [-0.2, 0) is 4.79 Å². The Bertz CT molecular complexity index is 379. The van der Waals surface area contributed by atoms with Crippen molar-refractivity contribution in [3.05, 3.63) is 0 Å². The fourth-order valence-corrected chi connectivity index (χ4v) is 4.52. The molecular weight excluding hydrogens is 282 g/mol. The molecule has 0 aromatic rings. The van der Waals surface area contributed by atoms with Crippen LogP contribution in [0.3, 0.4) is 0 Å². The number of amides is 1. The van der Waals surface area contributed by atoms with Crippen LogP contribution in [0.4, 0.5) is 0 Å². The molecule has 0 aliphatic rings. The van der Waals surface area contributed by atoms with Crippen LogP contribution in [0.2, 0.25) is 0 Å². The quantitative estimate of drug-likeness (QED) is 0.562. The van der Waals surface area contributed by atoms with Crippen LogP contribution in [-0.4, -0.2) is 21.9 Å². The topological polar surface area (TPSA) is 20.3 Å². The molecule has 0 aromatic heterocycles. The lowest BCUT2D eigenvalue weighted by molar-refractivity contribution is -0.158. The first-order chi connectivity index (χ1) is 10.0. The van der Waals surface area contributed by atoms with E-state index >= 15 is 0 Å². The second-order valence-corrected chi connectivity index (χ2v) is 10.5. The summed E-state index contributed by atoms with van der Waals surface area (Å²) in [6.45, 7) is 26.4. The highest BCUT2D eigenvalue weighted by Gasteiger charge is 2.49. The van der Waals surface area contributed by atoms with E-state index in [0.29, 0.717) is 5.91 Å². The van der Waals surface area contributed by atoms with E-state index in [9.17, 15) is 4.79 Å². The van der Waals surface area contributed by atoms with Crippen LogP contribution in [0.25, 0.3) is 0 Å². The zero-order valence-corrected chi connectivity index (χ0v) is 18.1. The average Bonchev–Trinajstić information content (AvgIpc) is 2.23. The zero-order valence-electron chi connectivity index (χ0n) is 18.1. The zero-order chi connectivity index (χ0) is 18.9. The van der Waals surface area contributed by atoms with Gasteiger partial charge >= 0.3 is 0 Å². The molecule has 0 saturated heterocycles. The smallest absolute Gasteiger partial charge is 0.227 e. The molecule has 1 atom stereocenters. The van der Waals surface area contributed by atoms with Crippen LogP contribution in [0, 0.1) is 16.7 Å². The van der Waals surface area contributed by atoms with E-state index < -0.39 is 0 Å². The van der Waals surface area contributed by atoms with E-state index in [1.165, 1.54) is 0 Å². The predicted molar refractivity (Wildman–Crippen MR) is 103 cm³/mol. The minimum atomic E-state index is -0.181. The van der Waals surface area contributed by atoms with Gasteiger partial charge in [-0.15, -0.1) is 0 Å². The highest BCUT2D eigenvalue weighted by molar-refractivity contribution is 5.82. The molecule has 0 aliphatic heterocycles. The van der Waals surface area contributed by atoms with Crippen molar-refractivity contribution in [2.24, 2.45) is 16.7 Å². The van der Waals surface area contributed by atoms with Gasteiger partial charge in [0.1, 0.15) is 0 Å². The Morgan fingerprint density at radius 1 is 0.783 bits per heavy atom. The summed E-state index contributed by atoms with van der Waals surface area (Å²) in [7, 11) is 0. The first kappa shape index (κ1) is 22.5. The molecule has 2 nitrogen and oxygen atoms in total. The second-order valence-electron chi connectivity index (χ2n) is 10.5. The Balaban J connectivity index is 6.14. The van der Waals surface area contributed by atoms with Crippen molar-refractivity contribution >= 4 is 5.91 Å².